The van der Waals surface area contributed by atoms with E-state index in [0.717, 1.165) is 24.3 Å². The first-order chi connectivity index (χ1) is 16.8. The summed E-state index contributed by atoms with van der Waals surface area (Å²) in [5, 5.41) is 0. The average molecular weight is 478 g/mol. The maximum absolute atomic E-state index is 14.8. The van der Waals surface area contributed by atoms with Gasteiger partial charge in [0.15, 0.2) is 0 Å². The average Bonchev–Trinajstić information content (AvgIpc) is 3.39. The van der Waals surface area contributed by atoms with Gasteiger partial charge >= 0.3 is 0 Å². The van der Waals surface area contributed by atoms with Crippen LogP contribution < -0.4 is 20.3 Å². The fraction of sp³-hybridized carbons (Fsp3) is 0.346. The third kappa shape index (κ3) is 4.11. The molecule has 0 spiro atoms. The molecule has 1 aromatic carbocycles. The van der Waals surface area contributed by atoms with Gasteiger partial charge in [-0.15, -0.1) is 0 Å². The van der Waals surface area contributed by atoms with Crippen LogP contribution in [0.1, 0.15) is 27.9 Å². The van der Waals surface area contributed by atoms with Gasteiger partial charge in [0.1, 0.15) is 23.2 Å². The summed E-state index contributed by atoms with van der Waals surface area (Å²) >= 11 is 0. The summed E-state index contributed by atoms with van der Waals surface area (Å²) in [6.45, 7) is 4.05. The van der Waals surface area contributed by atoms with Crippen LogP contribution in [0.15, 0.2) is 42.6 Å². The molecule has 5 rings (SSSR count). The van der Waals surface area contributed by atoms with Gasteiger partial charge in [-0.25, -0.2) is 9.37 Å². The van der Waals surface area contributed by atoms with Crippen molar-refractivity contribution in [3.05, 3.63) is 65.1 Å². The third-order valence-corrected chi connectivity index (χ3v) is 6.64. The highest BCUT2D eigenvalue weighted by molar-refractivity contribution is 6.10. The molecular formula is C26H28FN5O3. The number of rotatable bonds is 6. The van der Waals surface area contributed by atoms with Gasteiger partial charge in [0.2, 0.25) is 0 Å². The van der Waals surface area contributed by atoms with Gasteiger partial charge in [-0.2, -0.15) is 0 Å². The molecular weight excluding hydrogens is 449 g/mol. The highest BCUT2D eigenvalue weighted by atomic mass is 19.1. The Morgan fingerprint density at radius 1 is 1.20 bits per heavy atom. The van der Waals surface area contributed by atoms with Gasteiger partial charge in [-0.05, 0) is 49.2 Å². The molecule has 0 aliphatic carbocycles. The number of aromatic nitrogens is 2. The largest absolute Gasteiger partial charge is 0.496 e. The van der Waals surface area contributed by atoms with E-state index >= 15 is 0 Å². The minimum Gasteiger partial charge on any atom is -0.496 e. The second-order valence-corrected chi connectivity index (χ2v) is 9.22. The zero-order valence-corrected chi connectivity index (χ0v) is 20.0. The van der Waals surface area contributed by atoms with Crippen LogP contribution in [0.25, 0.3) is 11.3 Å². The van der Waals surface area contributed by atoms with E-state index in [1.807, 2.05) is 19.1 Å². The monoisotopic (exact) mass is 477 g/mol. The second-order valence-electron chi connectivity index (χ2n) is 9.22. The van der Waals surface area contributed by atoms with Crippen molar-refractivity contribution in [1.29, 1.82) is 0 Å². The van der Waals surface area contributed by atoms with Crippen LogP contribution in [0, 0.1) is 12.7 Å². The summed E-state index contributed by atoms with van der Waals surface area (Å²) in [7, 11) is 3.13. The van der Waals surface area contributed by atoms with Gasteiger partial charge < -0.3 is 20.1 Å². The molecule has 2 N–H and O–H groups in total. The maximum Gasteiger partial charge on any atom is 0.260 e. The number of aryl methyl sites for hydroxylation is 1. The minimum absolute atomic E-state index is 0.197. The lowest BCUT2D eigenvalue weighted by molar-refractivity contribution is 0.0996. The van der Waals surface area contributed by atoms with Crippen LogP contribution in [-0.4, -0.2) is 55.3 Å². The second kappa shape index (κ2) is 8.90. The molecule has 2 aliphatic rings. The predicted octanol–water partition coefficient (Wildman–Crippen LogP) is 3.31. The number of anilines is 2. The number of nitrogens with zero attached hydrogens (tertiary/aromatic N) is 4. The van der Waals surface area contributed by atoms with Crippen LogP contribution in [0.2, 0.25) is 0 Å². The zero-order valence-electron chi connectivity index (χ0n) is 20.0. The van der Waals surface area contributed by atoms with Crippen LogP contribution in [0.3, 0.4) is 0 Å². The van der Waals surface area contributed by atoms with E-state index in [0.29, 0.717) is 41.5 Å². The van der Waals surface area contributed by atoms with Crippen molar-refractivity contribution < 1.29 is 18.7 Å². The summed E-state index contributed by atoms with van der Waals surface area (Å²) in [4.78, 5) is 26.4. The molecule has 35 heavy (non-hydrogen) atoms. The summed E-state index contributed by atoms with van der Waals surface area (Å²) < 4.78 is 25.5. The van der Waals surface area contributed by atoms with Crippen molar-refractivity contribution in [1.82, 2.24) is 9.97 Å². The summed E-state index contributed by atoms with van der Waals surface area (Å²) in [6, 6.07) is 10.2. The number of carbonyl (C=O) groups excluding carboxylic acids is 1. The van der Waals surface area contributed by atoms with Crippen LogP contribution in [0.4, 0.5) is 16.0 Å². The summed E-state index contributed by atoms with van der Waals surface area (Å²) in [5.74, 6) is 1.01. The topological polar surface area (TPSA) is 93.8 Å². The van der Waals surface area contributed by atoms with Crippen molar-refractivity contribution in [3.8, 4) is 17.0 Å². The quantitative estimate of drug-likeness (QED) is 0.582. The van der Waals surface area contributed by atoms with E-state index in [1.165, 1.54) is 19.4 Å². The third-order valence-electron chi connectivity index (χ3n) is 6.64. The highest BCUT2D eigenvalue weighted by Crippen LogP contribution is 2.39. The fourth-order valence-electron chi connectivity index (χ4n) is 4.96. The van der Waals surface area contributed by atoms with Crippen molar-refractivity contribution in [2.75, 3.05) is 43.7 Å². The Hall–Kier alpha value is -3.56. The van der Waals surface area contributed by atoms with E-state index in [2.05, 4.69) is 9.88 Å². The highest BCUT2D eigenvalue weighted by Gasteiger charge is 2.37. The lowest BCUT2D eigenvalue weighted by atomic mass is 10.0. The molecule has 1 fully saturated rings. The Morgan fingerprint density at radius 2 is 2.00 bits per heavy atom. The Labute approximate surface area is 203 Å². The lowest BCUT2D eigenvalue weighted by Crippen LogP contribution is -2.46. The normalized spacial score (nSPS) is 19.4. The van der Waals surface area contributed by atoms with Crippen molar-refractivity contribution in [2.24, 2.45) is 5.73 Å². The number of pyridine rings is 2. The smallest absolute Gasteiger partial charge is 0.260 e. The number of fused-ring (bicyclic) bond motifs is 1. The number of nitrogens with two attached hydrogens (primary N) is 1. The van der Waals surface area contributed by atoms with Crippen LogP contribution >= 0.6 is 0 Å². The number of hydrogen-bond donors (Lipinski definition) is 1. The predicted molar refractivity (Wildman–Crippen MR) is 131 cm³/mol. The van der Waals surface area contributed by atoms with Crippen molar-refractivity contribution >= 4 is 17.5 Å². The first kappa shape index (κ1) is 23.2. The number of benzene rings is 1. The molecule has 1 atom stereocenters. The molecule has 1 saturated heterocycles. The first-order valence-corrected chi connectivity index (χ1v) is 11.5. The molecule has 2 aliphatic heterocycles. The standard InChI is InChI=1S/C26H28FN5O3/c1-16-11-21(31-10-8-26(28,14-31)15-34-2)30-22(12-16)32-13-18-17(25(32)33)7-9-29-24(18)23-19(27)5-4-6-20(23)35-3/h4-7,9,11-12H,8,10,13-15,28H2,1-3H3. The van der Waals surface area contributed by atoms with E-state index in [9.17, 15) is 9.18 Å². The van der Waals surface area contributed by atoms with Gasteiger partial charge in [0, 0.05) is 37.5 Å². The molecule has 3 aromatic rings. The molecule has 9 heteroatoms. The number of amides is 1. The Balaban J connectivity index is 1.50. The Morgan fingerprint density at radius 3 is 2.77 bits per heavy atom. The van der Waals surface area contributed by atoms with Crippen LogP contribution in [-0.2, 0) is 11.3 Å². The molecule has 182 valence electrons. The van der Waals surface area contributed by atoms with E-state index in [4.69, 9.17) is 20.2 Å². The summed E-state index contributed by atoms with van der Waals surface area (Å²) in [6.07, 6.45) is 2.32. The molecule has 2 aromatic heterocycles. The fourth-order valence-corrected chi connectivity index (χ4v) is 4.96. The zero-order chi connectivity index (χ0) is 24.7. The first-order valence-electron chi connectivity index (χ1n) is 11.5. The van der Waals surface area contributed by atoms with E-state index in [1.54, 1.807) is 30.2 Å². The Bertz CT molecular complexity index is 1300. The van der Waals surface area contributed by atoms with Crippen LogP contribution in [0.5, 0.6) is 5.75 Å². The SMILES string of the molecule is COCC1(N)CCN(c2cc(C)cc(N3Cc4c(ccnc4-c4c(F)cccc4OC)C3=O)n2)C1. The number of methoxy groups -OCH3 is 2. The van der Waals surface area contributed by atoms with Crippen molar-refractivity contribution in [3.63, 3.8) is 0 Å². The van der Waals surface area contributed by atoms with E-state index < -0.39 is 11.4 Å². The molecule has 4 heterocycles. The molecule has 0 bridgehead atoms. The van der Waals surface area contributed by atoms with Gasteiger partial charge in [-0.3, -0.25) is 14.7 Å². The van der Waals surface area contributed by atoms with Crippen molar-refractivity contribution in [2.45, 2.75) is 25.4 Å². The van der Waals surface area contributed by atoms with Gasteiger partial charge in [0.05, 0.1) is 37.1 Å². The maximum atomic E-state index is 14.8. The minimum atomic E-state index is -0.456. The molecule has 0 saturated carbocycles. The van der Waals surface area contributed by atoms with Gasteiger partial charge in [0.25, 0.3) is 5.91 Å². The molecule has 8 nitrogen and oxygen atoms in total. The number of hydrogen-bond acceptors (Lipinski definition) is 7. The Kier molecular flexibility index (Phi) is 5.90. The number of carbonyl (C=O) groups is 1. The number of halogens is 1. The van der Waals surface area contributed by atoms with Gasteiger partial charge in [-0.1, -0.05) is 6.07 Å². The molecule has 1 amide bonds. The molecule has 1 unspecified atom stereocenters. The molecule has 0 radical (unpaired) electrons. The number of ether oxygens (including phenoxy) is 2. The summed E-state index contributed by atoms with van der Waals surface area (Å²) in [5.41, 5.74) is 8.79. The van der Waals surface area contributed by atoms with E-state index in [-0.39, 0.29) is 18.0 Å². The lowest BCUT2D eigenvalue weighted by Gasteiger charge is -2.25.